The van der Waals surface area contributed by atoms with Crippen LogP contribution in [0, 0.1) is 17.3 Å². The second kappa shape index (κ2) is 4.99. The van der Waals surface area contributed by atoms with Crippen LogP contribution in [0.4, 0.5) is 0 Å². The summed E-state index contributed by atoms with van der Waals surface area (Å²) in [6.45, 7) is 12.7. The minimum Gasteiger partial charge on any atom is -0.459 e. The van der Waals surface area contributed by atoms with Gasteiger partial charge < -0.3 is 4.74 Å². The third kappa shape index (κ3) is 3.02. The Labute approximate surface area is 106 Å². The monoisotopic (exact) mass is 240 g/mol. The second-order valence-corrected chi connectivity index (χ2v) is 6.53. The molecule has 2 nitrogen and oxygen atoms in total. The molecule has 2 heteroatoms. The molecular formula is C15H28O2. The SMILES string of the molecule is CCC1(OC(=O)C(C)(C)CC)CC(C)C(C)C1. The number of carbonyl (C=O) groups excluding carboxylic acids is 1. The van der Waals surface area contributed by atoms with Gasteiger partial charge in [0, 0.05) is 0 Å². The fourth-order valence-electron chi connectivity index (χ4n) is 2.58. The van der Waals surface area contributed by atoms with Gasteiger partial charge in [-0.05, 0) is 51.4 Å². The lowest BCUT2D eigenvalue weighted by Gasteiger charge is -2.32. The molecule has 0 aromatic carbocycles. The zero-order valence-corrected chi connectivity index (χ0v) is 12.3. The molecule has 0 saturated heterocycles. The van der Waals surface area contributed by atoms with Crippen LogP contribution in [0.25, 0.3) is 0 Å². The zero-order valence-electron chi connectivity index (χ0n) is 12.3. The van der Waals surface area contributed by atoms with Crippen molar-refractivity contribution in [2.45, 2.75) is 72.8 Å². The van der Waals surface area contributed by atoms with Crippen molar-refractivity contribution in [2.24, 2.45) is 17.3 Å². The summed E-state index contributed by atoms with van der Waals surface area (Å²) in [6.07, 6.45) is 3.82. The van der Waals surface area contributed by atoms with E-state index in [0.29, 0.717) is 11.8 Å². The molecule has 2 unspecified atom stereocenters. The molecule has 100 valence electrons. The lowest BCUT2D eigenvalue weighted by atomic mass is 9.89. The first kappa shape index (κ1) is 14.5. The van der Waals surface area contributed by atoms with Crippen LogP contribution in [0.3, 0.4) is 0 Å². The molecule has 2 atom stereocenters. The van der Waals surface area contributed by atoms with Gasteiger partial charge in [0.1, 0.15) is 5.60 Å². The Kier molecular flexibility index (Phi) is 4.27. The number of rotatable bonds is 4. The van der Waals surface area contributed by atoms with Gasteiger partial charge in [-0.3, -0.25) is 4.79 Å². The van der Waals surface area contributed by atoms with E-state index in [9.17, 15) is 4.79 Å². The van der Waals surface area contributed by atoms with Crippen molar-refractivity contribution in [3.05, 3.63) is 0 Å². The van der Waals surface area contributed by atoms with E-state index >= 15 is 0 Å². The summed E-state index contributed by atoms with van der Waals surface area (Å²) >= 11 is 0. The highest BCUT2D eigenvalue weighted by atomic mass is 16.6. The Hall–Kier alpha value is -0.530. The van der Waals surface area contributed by atoms with Gasteiger partial charge in [0.2, 0.25) is 0 Å². The largest absolute Gasteiger partial charge is 0.459 e. The maximum atomic E-state index is 12.2. The summed E-state index contributed by atoms with van der Waals surface area (Å²) in [5.74, 6) is 1.29. The summed E-state index contributed by atoms with van der Waals surface area (Å²) in [7, 11) is 0. The van der Waals surface area contributed by atoms with Gasteiger partial charge >= 0.3 is 5.97 Å². The molecule has 0 spiro atoms. The minimum absolute atomic E-state index is 0.0249. The molecule has 0 N–H and O–H groups in total. The van der Waals surface area contributed by atoms with Crippen molar-refractivity contribution in [1.29, 1.82) is 0 Å². The molecule has 0 radical (unpaired) electrons. The molecule has 1 aliphatic carbocycles. The molecule has 0 aromatic rings. The van der Waals surface area contributed by atoms with Crippen molar-refractivity contribution >= 4 is 5.97 Å². The third-order valence-electron chi connectivity index (χ3n) is 4.75. The van der Waals surface area contributed by atoms with Crippen LogP contribution in [-0.4, -0.2) is 11.6 Å². The van der Waals surface area contributed by atoms with Crippen molar-refractivity contribution in [3.8, 4) is 0 Å². The predicted octanol–water partition coefficient (Wildman–Crippen LogP) is 4.18. The molecule has 0 bridgehead atoms. The first-order valence-corrected chi connectivity index (χ1v) is 7.00. The molecule has 0 amide bonds. The van der Waals surface area contributed by atoms with E-state index in [1.54, 1.807) is 0 Å². The Morgan fingerprint density at radius 2 is 1.71 bits per heavy atom. The standard InChI is InChI=1S/C15H28O2/c1-7-14(5,6)13(16)17-15(8-2)9-11(3)12(4)10-15/h11-12H,7-10H2,1-6H3. The van der Waals surface area contributed by atoms with Gasteiger partial charge in [0.15, 0.2) is 0 Å². The Balaban J connectivity index is 2.75. The van der Waals surface area contributed by atoms with Gasteiger partial charge in [0.05, 0.1) is 5.41 Å². The van der Waals surface area contributed by atoms with Gasteiger partial charge in [-0.1, -0.05) is 27.7 Å². The van der Waals surface area contributed by atoms with Crippen LogP contribution in [0.2, 0.25) is 0 Å². The smallest absolute Gasteiger partial charge is 0.312 e. The van der Waals surface area contributed by atoms with Gasteiger partial charge in [-0.2, -0.15) is 0 Å². The summed E-state index contributed by atoms with van der Waals surface area (Å²) in [4.78, 5) is 12.2. The van der Waals surface area contributed by atoms with E-state index in [1.165, 1.54) is 0 Å². The molecule has 0 aromatic heterocycles. The van der Waals surface area contributed by atoms with Gasteiger partial charge in [-0.15, -0.1) is 0 Å². The van der Waals surface area contributed by atoms with Crippen molar-refractivity contribution < 1.29 is 9.53 Å². The first-order valence-electron chi connectivity index (χ1n) is 7.00. The number of hydrogen-bond acceptors (Lipinski definition) is 2. The van der Waals surface area contributed by atoms with E-state index in [-0.39, 0.29) is 17.0 Å². The highest BCUT2D eigenvalue weighted by Crippen LogP contribution is 2.44. The maximum absolute atomic E-state index is 12.2. The molecule has 0 aliphatic heterocycles. The zero-order chi connectivity index (χ0) is 13.3. The quantitative estimate of drug-likeness (QED) is 0.689. The average molecular weight is 240 g/mol. The number of carbonyl (C=O) groups is 1. The summed E-state index contributed by atoms with van der Waals surface area (Å²) < 4.78 is 5.91. The first-order chi connectivity index (χ1) is 7.76. The van der Waals surface area contributed by atoms with Crippen LogP contribution in [-0.2, 0) is 9.53 Å². The van der Waals surface area contributed by atoms with Crippen molar-refractivity contribution in [2.75, 3.05) is 0 Å². The molecule has 17 heavy (non-hydrogen) atoms. The number of esters is 1. The van der Waals surface area contributed by atoms with Gasteiger partial charge in [0.25, 0.3) is 0 Å². The van der Waals surface area contributed by atoms with Crippen LogP contribution >= 0.6 is 0 Å². The average Bonchev–Trinajstić information content (AvgIpc) is 2.55. The Morgan fingerprint density at radius 3 is 2.06 bits per heavy atom. The molecular weight excluding hydrogens is 212 g/mol. The second-order valence-electron chi connectivity index (χ2n) is 6.53. The van der Waals surface area contributed by atoms with E-state index < -0.39 is 0 Å². The molecule has 1 saturated carbocycles. The topological polar surface area (TPSA) is 26.3 Å². The lowest BCUT2D eigenvalue weighted by molar-refractivity contribution is -0.171. The maximum Gasteiger partial charge on any atom is 0.312 e. The highest BCUT2D eigenvalue weighted by Gasteiger charge is 2.45. The normalized spacial score (nSPS) is 33.8. The predicted molar refractivity (Wildman–Crippen MR) is 70.7 cm³/mol. The number of hydrogen-bond donors (Lipinski definition) is 0. The summed E-state index contributed by atoms with van der Waals surface area (Å²) in [6, 6.07) is 0. The minimum atomic E-state index is -0.350. The highest BCUT2D eigenvalue weighted by molar-refractivity contribution is 5.76. The Morgan fingerprint density at radius 1 is 1.24 bits per heavy atom. The molecule has 1 fully saturated rings. The van der Waals surface area contributed by atoms with Crippen LogP contribution in [0.1, 0.15) is 67.2 Å². The van der Waals surface area contributed by atoms with E-state index in [2.05, 4.69) is 20.8 Å². The molecule has 1 rings (SSSR count). The summed E-state index contributed by atoms with van der Waals surface area (Å²) in [5, 5.41) is 0. The van der Waals surface area contributed by atoms with Crippen molar-refractivity contribution in [1.82, 2.24) is 0 Å². The molecule has 0 heterocycles. The Bertz CT molecular complexity index is 271. The van der Waals surface area contributed by atoms with Crippen LogP contribution < -0.4 is 0 Å². The molecule has 1 aliphatic rings. The lowest BCUT2D eigenvalue weighted by Crippen LogP contribution is -2.37. The van der Waals surface area contributed by atoms with E-state index in [4.69, 9.17) is 4.74 Å². The fraction of sp³-hybridized carbons (Fsp3) is 0.933. The van der Waals surface area contributed by atoms with E-state index in [1.807, 2.05) is 20.8 Å². The van der Waals surface area contributed by atoms with Crippen molar-refractivity contribution in [3.63, 3.8) is 0 Å². The van der Waals surface area contributed by atoms with Crippen LogP contribution in [0.5, 0.6) is 0 Å². The van der Waals surface area contributed by atoms with E-state index in [0.717, 1.165) is 25.7 Å². The van der Waals surface area contributed by atoms with Gasteiger partial charge in [-0.25, -0.2) is 0 Å². The summed E-state index contributed by atoms with van der Waals surface area (Å²) in [5.41, 5.74) is -0.542. The fourth-order valence-corrected chi connectivity index (χ4v) is 2.58. The third-order valence-corrected chi connectivity index (χ3v) is 4.75. The van der Waals surface area contributed by atoms with Crippen LogP contribution in [0.15, 0.2) is 0 Å². The number of ether oxygens (including phenoxy) is 1.